The molecule has 1 saturated heterocycles. The second-order valence-electron chi connectivity index (χ2n) is 5.21. The second kappa shape index (κ2) is 5.04. The number of hydrogen-bond acceptors (Lipinski definition) is 4. The van der Waals surface area contributed by atoms with Crippen LogP contribution in [0.4, 0.5) is 0 Å². The maximum atomic E-state index is 5.97. The van der Waals surface area contributed by atoms with Gasteiger partial charge in [0.15, 0.2) is 0 Å². The van der Waals surface area contributed by atoms with Gasteiger partial charge in [0.1, 0.15) is 0 Å². The zero-order chi connectivity index (χ0) is 12.5. The van der Waals surface area contributed by atoms with Gasteiger partial charge in [-0.2, -0.15) is 0 Å². The molecule has 1 atom stereocenters. The topological polar surface area (TPSA) is 43.2 Å². The molecule has 5 nitrogen and oxygen atoms in total. The van der Waals surface area contributed by atoms with Gasteiger partial charge >= 0.3 is 0 Å². The first kappa shape index (κ1) is 13.0. The Bertz CT molecular complexity index is 379. The van der Waals surface area contributed by atoms with E-state index in [1.807, 2.05) is 13.2 Å². The summed E-state index contributed by atoms with van der Waals surface area (Å²) >= 11 is 3.50. The third-order valence-electron chi connectivity index (χ3n) is 2.76. The van der Waals surface area contributed by atoms with Crippen molar-refractivity contribution >= 4 is 15.9 Å². The Kier molecular flexibility index (Phi) is 3.85. The standard InChI is InChI=1S/C11H19BrN4O/c1-11(2)8-16(7-10(4-12)17-11)6-9-5-15(3)14-13-9/h5,10H,4,6-8H2,1-3H3. The Balaban J connectivity index is 2.00. The highest BCUT2D eigenvalue weighted by Crippen LogP contribution is 2.22. The van der Waals surface area contributed by atoms with Crippen LogP contribution in [0.3, 0.4) is 0 Å². The molecule has 0 amide bonds. The van der Waals surface area contributed by atoms with Crippen LogP contribution in [0, 0.1) is 0 Å². The number of aromatic nitrogens is 3. The fourth-order valence-electron chi connectivity index (χ4n) is 2.31. The van der Waals surface area contributed by atoms with Gasteiger partial charge in [0, 0.05) is 38.2 Å². The van der Waals surface area contributed by atoms with E-state index in [0.717, 1.165) is 30.7 Å². The Morgan fingerprint density at radius 3 is 2.94 bits per heavy atom. The van der Waals surface area contributed by atoms with Crippen LogP contribution in [0.15, 0.2) is 6.20 Å². The second-order valence-corrected chi connectivity index (χ2v) is 5.85. The van der Waals surface area contributed by atoms with E-state index in [9.17, 15) is 0 Å². The van der Waals surface area contributed by atoms with Crippen LogP contribution >= 0.6 is 15.9 Å². The van der Waals surface area contributed by atoms with E-state index >= 15 is 0 Å². The molecule has 0 saturated carbocycles. The molecule has 0 radical (unpaired) electrons. The summed E-state index contributed by atoms with van der Waals surface area (Å²) in [5.74, 6) is 0. The average molecular weight is 303 g/mol. The predicted molar refractivity (Wildman–Crippen MR) is 69.0 cm³/mol. The summed E-state index contributed by atoms with van der Waals surface area (Å²) in [7, 11) is 1.89. The largest absolute Gasteiger partial charge is 0.369 e. The van der Waals surface area contributed by atoms with Crippen LogP contribution in [0.5, 0.6) is 0 Å². The average Bonchev–Trinajstić information content (AvgIpc) is 2.61. The minimum atomic E-state index is -0.0983. The zero-order valence-electron chi connectivity index (χ0n) is 10.6. The molecule has 1 aromatic heterocycles. The number of ether oxygens (including phenoxy) is 1. The zero-order valence-corrected chi connectivity index (χ0v) is 12.1. The highest BCUT2D eigenvalue weighted by Gasteiger charge is 2.32. The Hall–Kier alpha value is -0.460. The highest BCUT2D eigenvalue weighted by atomic mass is 79.9. The summed E-state index contributed by atoms with van der Waals surface area (Å²) in [6, 6.07) is 0. The molecular weight excluding hydrogens is 284 g/mol. The minimum Gasteiger partial charge on any atom is -0.369 e. The molecule has 0 spiro atoms. The van der Waals surface area contributed by atoms with Crippen molar-refractivity contribution in [2.24, 2.45) is 7.05 Å². The number of hydrogen-bond donors (Lipinski definition) is 0. The molecule has 1 unspecified atom stereocenters. The van der Waals surface area contributed by atoms with E-state index in [0.29, 0.717) is 0 Å². The molecule has 2 rings (SSSR count). The number of alkyl halides is 1. The van der Waals surface area contributed by atoms with Gasteiger partial charge in [-0.05, 0) is 13.8 Å². The number of halogens is 1. The smallest absolute Gasteiger partial charge is 0.0967 e. The number of rotatable bonds is 3. The molecule has 0 bridgehead atoms. The van der Waals surface area contributed by atoms with Crippen molar-refractivity contribution in [3.05, 3.63) is 11.9 Å². The fraction of sp³-hybridized carbons (Fsp3) is 0.818. The van der Waals surface area contributed by atoms with Crippen LogP contribution in [-0.2, 0) is 18.3 Å². The lowest BCUT2D eigenvalue weighted by Crippen LogP contribution is -2.52. The summed E-state index contributed by atoms with van der Waals surface area (Å²) in [6.07, 6.45) is 2.21. The number of nitrogens with zero attached hydrogens (tertiary/aromatic N) is 4. The number of aryl methyl sites for hydroxylation is 1. The van der Waals surface area contributed by atoms with E-state index in [-0.39, 0.29) is 11.7 Å². The molecule has 1 aliphatic heterocycles. The molecule has 17 heavy (non-hydrogen) atoms. The lowest BCUT2D eigenvalue weighted by atomic mass is 10.1. The van der Waals surface area contributed by atoms with E-state index in [4.69, 9.17) is 4.74 Å². The van der Waals surface area contributed by atoms with Gasteiger partial charge in [-0.1, -0.05) is 21.1 Å². The van der Waals surface area contributed by atoms with Gasteiger partial charge in [0.05, 0.1) is 17.4 Å². The van der Waals surface area contributed by atoms with Crippen LogP contribution in [0.1, 0.15) is 19.5 Å². The molecule has 0 N–H and O–H groups in total. The summed E-state index contributed by atoms with van der Waals surface area (Å²) in [5.41, 5.74) is 0.914. The van der Waals surface area contributed by atoms with Crippen molar-refractivity contribution in [3.63, 3.8) is 0 Å². The fourth-order valence-corrected chi connectivity index (χ4v) is 2.65. The normalized spacial score (nSPS) is 25.1. The Morgan fingerprint density at radius 1 is 1.59 bits per heavy atom. The van der Waals surface area contributed by atoms with Crippen molar-refractivity contribution in [3.8, 4) is 0 Å². The lowest BCUT2D eigenvalue weighted by Gasteiger charge is -2.42. The third kappa shape index (κ3) is 3.50. The van der Waals surface area contributed by atoms with Gasteiger partial charge in [-0.25, -0.2) is 0 Å². The molecule has 1 aromatic rings. The highest BCUT2D eigenvalue weighted by molar-refractivity contribution is 9.09. The Labute approximate surface area is 110 Å². The molecule has 1 fully saturated rings. The SMILES string of the molecule is Cn1cc(CN2CC(CBr)OC(C)(C)C2)nn1. The van der Waals surface area contributed by atoms with Gasteiger partial charge < -0.3 is 4.74 Å². The Morgan fingerprint density at radius 2 is 2.35 bits per heavy atom. The van der Waals surface area contributed by atoms with Crippen LogP contribution in [0.25, 0.3) is 0 Å². The molecule has 6 heteroatoms. The van der Waals surface area contributed by atoms with Crippen LogP contribution < -0.4 is 0 Å². The quantitative estimate of drug-likeness (QED) is 0.787. The van der Waals surface area contributed by atoms with Gasteiger partial charge in [0.25, 0.3) is 0 Å². The van der Waals surface area contributed by atoms with Gasteiger partial charge in [-0.3, -0.25) is 9.58 Å². The van der Waals surface area contributed by atoms with E-state index in [2.05, 4.69) is 45.0 Å². The van der Waals surface area contributed by atoms with Crippen molar-refractivity contribution in [1.82, 2.24) is 19.9 Å². The van der Waals surface area contributed by atoms with Crippen molar-refractivity contribution in [2.75, 3.05) is 18.4 Å². The minimum absolute atomic E-state index is 0.0983. The number of morpholine rings is 1. The first-order chi connectivity index (χ1) is 7.98. The van der Waals surface area contributed by atoms with Crippen LogP contribution in [-0.4, -0.2) is 50.0 Å². The molecule has 2 heterocycles. The van der Waals surface area contributed by atoms with E-state index in [1.165, 1.54) is 0 Å². The molecular formula is C11H19BrN4O. The molecule has 1 aliphatic rings. The van der Waals surface area contributed by atoms with Crippen LogP contribution in [0.2, 0.25) is 0 Å². The first-order valence-electron chi connectivity index (χ1n) is 5.80. The van der Waals surface area contributed by atoms with Crippen molar-refractivity contribution < 1.29 is 4.74 Å². The molecule has 0 aliphatic carbocycles. The first-order valence-corrected chi connectivity index (χ1v) is 6.92. The summed E-state index contributed by atoms with van der Waals surface area (Å²) in [6.45, 7) is 6.96. The summed E-state index contributed by atoms with van der Waals surface area (Å²) in [5, 5.41) is 8.95. The van der Waals surface area contributed by atoms with Crippen molar-refractivity contribution in [1.29, 1.82) is 0 Å². The monoisotopic (exact) mass is 302 g/mol. The van der Waals surface area contributed by atoms with Gasteiger partial charge in [0.2, 0.25) is 0 Å². The molecule has 0 aromatic carbocycles. The van der Waals surface area contributed by atoms with E-state index < -0.39 is 0 Å². The predicted octanol–water partition coefficient (Wildman–Crippen LogP) is 1.19. The molecule has 96 valence electrons. The lowest BCUT2D eigenvalue weighted by molar-refractivity contribution is -0.128. The summed E-state index contributed by atoms with van der Waals surface area (Å²) < 4.78 is 7.71. The van der Waals surface area contributed by atoms with Gasteiger partial charge in [-0.15, -0.1) is 5.10 Å². The summed E-state index contributed by atoms with van der Waals surface area (Å²) in [4.78, 5) is 2.37. The maximum Gasteiger partial charge on any atom is 0.0967 e. The third-order valence-corrected chi connectivity index (χ3v) is 3.48. The van der Waals surface area contributed by atoms with Crippen molar-refractivity contribution in [2.45, 2.75) is 32.1 Å². The van der Waals surface area contributed by atoms with E-state index in [1.54, 1.807) is 4.68 Å². The maximum absolute atomic E-state index is 5.97.